The highest BCUT2D eigenvalue weighted by Gasteiger charge is 2.17. The first-order valence-electron chi connectivity index (χ1n) is 7.35. The van der Waals surface area contributed by atoms with Gasteiger partial charge in [-0.3, -0.25) is 10.1 Å². The molecule has 2 amide bonds. The molecular formula is C16H19N3O3S. The number of hydrogen-bond donors (Lipinski definition) is 2. The van der Waals surface area contributed by atoms with Crippen LogP contribution in [0.25, 0.3) is 11.3 Å². The first kappa shape index (κ1) is 17.0. The van der Waals surface area contributed by atoms with Gasteiger partial charge in [0.25, 0.3) is 0 Å². The van der Waals surface area contributed by atoms with E-state index in [4.69, 9.17) is 4.74 Å². The van der Waals surface area contributed by atoms with Crippen LogP contribution in [0.1, 0.15) is 25.8 Å². The monoisotopic (exact) mass is 333 g/mol. The normalized spacial score (nSPS) is 10.2. The topological polar surface area (TPSA) is 80.3 Å². The third-order valence-corrected chi connectivity index (χ3v) is 3.90. The molecule has 0 aliphatic heterocycles. The number of rotatable bonds is 5. The molecule has 6 nitrogen and oxygen atoms in total. The van der Waals surface area contributed by atoms with E-state index in [1.54, 1.807) is 13.8 Å². The summed E-state index contributed by atoms with van der Waals surface area (Å²) in [6.45, 7) is 5.78. The second-order valence-corrected chi connectivity index (χ2v) is 5.81. The van der Waals surface area contributed by atoms with Gasteiger partial charge >= 0.3 is 6.09 Å². The van der Waals surface area contributed by atoms with Crippen molar-refractivity contribution in [2.75, 3.05) is 17.2 Å². The van der Waals surface area contributed by atoms with E-state index >= 15 is 0 Å². The van der Waals surface area contributed by atoms with Crippen molar-refractivity contribution < 1.29 is 14.3 Å². The molecule has 1 aromatic carbocycles. The Bertz CT molecular complexity index is 695. The number of nitrogens with one attached hydrogen (secondary N) is 2. The maximum absolute atomic E-state index is 11.7. The van der Waals surface area contributed by atoms with Crippen molar-refractivity contribution in [3.8, 4) is 11.3 Å². The maximum Gasteiger partial charge on any atom is 0.412 e. The molecule has 2 rings (SSSR count). The number of carbonyl (C=O) groups excluding carboxylic acids is 2. The molecule has 0 atom stereocenters. The maximum atomic E-state index is 11.7. The number of anilines is 2. The van der Waals surface area contributed by atoms with Gasteiger partial charge in [-0.1, -0.05) is 48.1 Å². The SMILES string of the molecule is CCOC(=O)Nc1sc(NC(=O)CC)nc1-c1ccc(C)cc1. The average molecular weight is 333 g/mol. The van der Waals surface area contributed by atoms with Gasteiger partial charge in [-0.2, -0.15) is 0 Å². The van der Waals surface area contributed by atoms with Crippen LogP contribution in [0.2, 0.25) is 0 Å². The van der Waals surface area contributed by atoms with Crippen molar-refractivity contribution in [1.29, 1.82) is 0 Å². The Balaban J connectivity index is 2.34. The quantitative estimate of drug-likeness (QED) is 0.865. The number of carbonyl (C=O) groups is 2. The summed E-state index contributed by atoms with van der Waals surface area (Å²) < 4.78 is 4.91. The summed E-state index contributed by atoms with van der Waals surface area (Å²) in [7, 11) is 0. The molecule has 0 aliphatic rings. The van der Waals surface area contributed by atoms with Crippen LogP contribution in [-0.4, -0.2) is 23.6 Å². The van der Waals surface area contributed by atoms with E-state index in [0.717, 1.165) is 11.1 Å². The van der Waals surface area contributed by atoms with Crippen molar-refractivity contribution >= 4 is 33.5 Å². The molecule has 0 spiro atoms. The number of aryl methyl sites for hydroxylation is 1. The van der Waals surface area contributed by atoms with Crippen molar-refractivity contribution in [2.45, 2.75) is 27.2 Å². The molecule has 0 radical (unpaired) electrons. The van der Waals surface area contributed by atoms with Crippen LogP contribution in [0.4, 0.5) is 14.9 Å². The van der Waals surface area contributed by atoms with Crippen LogP contribution in [0.15, 0.2) is 24.3 Å². The lowest BCUT2D eigenvalue weighted by molar-refractivity contribution is -0.115. The number of hydrogen-bond acceptors (Lipinski definition) is 5. The number of amides is 2. The third kappa shape index (κ3) is 4.53. The van der Waals surface area contributed by atoms with Crippen molar-refractivity contribution in [2.24, 2.45) is 0 Å². The third-order valence-electron chi connectivity index (χ3n) is 3.01. The summed E-state index contributed by atoms with van der Waals surface area (Å²) in [5.41, 5.74) is 2.59. The number of ether oxygens (including phenoxy) is 1. The zero-order valence-corrected chi connectivity index (χ0v) is 14.1. The molecular weight excluding hydrogens is 314 g/mol. The molecule has 0 bridgehead atoms. The standard InChI is InChI=1S/C16H19N3O3S/c1-4-12(20)17-15-18-13(11-8-6-10(3)7-9-11)14(23-15)19-16(21)22-5-2/h6-9H,4-5H2,1-3H3,(H,19,21)(H,17,18,20). The molecule has 1 aromatic heterocycles. The van der Waals surface area contributed by atoms with E-state index in [1.165, 1.54) is 11.3 Å². The summed E-state index contributed by atoms with van der Waals surface area (Å²) >= 11 is 1.20. The van der Waals surface area contributed by atoms with Crippen LogP contribution in [0, 0.1) is 6.92 Å². The predicted molar refractivity (Wildman–Crippen MR) is 91.9 cm³/mol. The zero-order chi connectivity index (χ0) is 16.8. The number of nitrogens with zero attached hydrogens (tertiary/aromatic N) is 1. The first-order valence-corrected chi connectivity index (χ1v) is 8.16. The molecule has 23 heavy (non-hydrogen) atoms. The van der Waals surface area contributed by atoms with Crippen LogP contribution < -0.4 is 10.6 Å². The fourth-order valence-electron chi connectivity index (χ4n) is 1.83. The Morgan fingerprint density at radius 1 is 1.17 bits per heavy atom. The smallest absolute Gasteiger partial charge is 0.412 e. The number of benzene rings is 1. The number of thiazole rings is 1. The fourth-order valence-corrected chi connectivity index (χ4v) is 2.72. The summed E-state index contributed by atoms with van der Waals surface area (Å²) in [5, 5.41) is 6.38. The molecule has 0 fully saturated rings. The van der Waals surface area contributed by atoms with E-state index in [0.29, 0.717) is 22.2 Å². The van der Waals surface area contributed by atoms with Gasteiger partial charge in [0, 0.05) is 12.0 Å². The molecule has 0 saturated carbocycles. The van der Waals surface area contributed by atoms with E-state index < -0.39 is 6.09 Å². The van der Waals surface area contributed by atoms with Crippen LogP contribution >= 0.6 is 11.3 Å². The lowest BCUT2D eigenvalue weighted by Gasteiger charge is -2.05. The molecule has 1 heterocycles. The minimum Gasteiger partial charge on any atom is -0.450 e. The largest absolute Gasteiger partial charge is 0.450 e. The van der Waals surface area contributed by atoms with Crippen LogP contribution in [0.3, 0.4) is 0 Å². The Morgan fingerprint density at radius 2 is 1.87 bits per heavy atom. The van der Waals surface area contributed by atoms with Gasteiger partial charge in [0.15, 0.2) is 5.13 Å². The van der Waals surface area contributed by atoms with Crippen molar-refractivity contribution in [3.05, 3.63) is 29.8 Å². The minimum atomic E-state index is -0.544. The first-order chi connectivity index (χ1) is 11.0. The molecule has 122 valence electrons. The summed E-state index contributed by atoms with van der Waals surface area (Å²) in [6.07, 6.45) is -0.182. The van der Waals surface area contributed by atoms with Gasteiger partial charge in [-0.15, -0.1) is 0 Å². The fraction of sp³-hybridized carbons (Fsp3) is 0.312. The van der Waals surface area contributed by atoms with Gasteiger partial charge < -0.3 is 10.1 Å². The second-order valence-electron chi connectivity index (χ2n) is 4.81. The van der Waals surface area contributed by atoms with Gasteiger partial charge in [0.2, 0.25) is 5.91 Å². The predicted octanol–water partition coefficient (Wildman–Crippen LogP) is 4.04. The van der Waals surface area contributed by atoms with Gasteiger partial charge in [0.1, 0.15) is 10.7 Å². The van der Waals surface area contributed by atoms with Crippen LogP contribution in [0.5, 0.6) is 0 Å². The van der Waals surface area contributed by atoms with E-state index in [9.17, 15) is 9.59 Å². The molecule has 2 aromatic rings. The lowest BCUT2D eigenvalue weighted by atomic mass is 10.1. The minimum absolute atomic E-state index is 0.128. The van der Waals surface area contributed by atoms with E-state index in [2.05, 4.69) is 15.6 Å². The van der Waals surface area contributed by atoms with Crippen molar-refractivity contribution in [3.63, 3.8) is 0 Å². The average Bonchev–Trinajstić information content (AvgIpc) is 2.90. The highest BCUT2D eigenvalue weighted by molar-refractivity contribution is 7.20. The molecule has 0 saturated heterocycles. The van der Waals surface area contributed by atoms with Crippen LogP contribution in [-0.2, 0) is 9.53 Å². The van der Waals surface area contributed by atoms with Gasteiger partial charge in [-0.05, 0) is 13.8 Å². The second kappa shape index (κ2) is 7.73. The van der Waals surface area contributed by atoms with E-state index in [-0.39, 0.29) is 12.5 Å². The Hall–Kier alpha value is -2.41. The molecule has 0 aliphatic carbocycles. The highest BCUT2D eigenvalue weighted by Crippen LogP contribution is 2.36. The molecule has 7 heteroatoms. The number of aromatic nitrogens is 1. The Morgan fingerprint density at radius 3 is 2.48 bits per heavy atom. The lowest BCUT2D eigenvalue weighted by Crippen LogP contribution is -2.12. The summed E-state index contributed by atoms with van der Waals surface area (Å²) in [4.78, 5) is 27.7. The Labute approximate surface area is 138 Å². The van der Waals surface area contributed by atoms with Crippen molar-refractivity contribution in [1.82, 2.24) is 4.98 Å². The summed E-state index contributed by atoms with van der Waals surface area (Å²) in [6, 6.07) is 7.78. The van der Waals surface area contributed by atoms with Gasteiger partial charge in [-0.25, -0.2) is 9.78 Å². The Kier molecular flexibility index (Phi) is 5.70. The zero-order valence-electron chi connectivity index (χ0n) is 13.3. The summed E-state index contributed by atoms with van der Waals surface area (Å²) in [5.74, 6) is -0.128. The molecule has 2 N–H and O–H groups in total. The molecule has 0 unspecified atom stereocenters. The van der Waals surface area contributed by atoms with Gasteiger partial charge in [0.05, 0.1) is 6.61 Å². The van der Waals surface area contributed by atoms with E-state index in [1.807, 2.05) is 31.2 Å². The highest BCUT2D eigenvalue weighted by atomic mass is 32.1.